The minimum Gasteiger partial charge on any atom is -0.338 e. The Kier molecular flexibility index (Phi) is 6.13. The Labute approximate surface area is 193 Å². The third kappa shape index (κ3) is 4.64. The van der Waals surface area contributed by atoms with Crippen LogP contribution in [0.2, 0.25) is 0 Å². The van der Waals surface area contributed by atoms with Crippen LogP contribution in [0.3, 0.4) is 0 Å². The number of Topliss-reactive ketones (excluding diaryl/α,β-unsaturated/α-hetero) is 1. The van der Waals surface area contributed by atoms with Crippen LogP contribution in [-0.4, -0.2) is 43.5 Å². The normalized spacial score (nSPS) is 16.8. The first-order valence-electron chi connectivity index (χ1n) is 11.4. The molecule has 0 radical (unpaired) electrons. The number of piperidine rings is 1. The number of rotatable bonds is 7. The predicted molar refractivity (Wildman–Crippen MR) is 124 cm³/mol. The first-order valence-corrected chi connectivity index (χ1v) is 11.4. The standard InChI is InChI=1S/C26H27N5O2/c1-30-16-14-27-26(30)24(32)21-13-8-15-31(17-21)18-22-28-25(29-33-22)23(19-9-4-2-5-10-19)20-11-6-3-7-12-20/h2-7,9-12,14,16,21,23H,8,13,15,17-18H2,1H3. The Morgan fingerprint density at radius 3 is 2.42 bits per heavy atom. The molecule has 0 spiro atoms. The van der Waals surface area contributed by atoms with Crippen LogP contribution >= 0.6 is 0 Å². The Morgan fingerprint density at radius 1 is 1.09 bits per heavy atom. The molecule has 4 aromatic rings. The second kappa shape index (κ2) is 9.50. The number of likely N-dealkylation sites (tertiary alicyclic amines) is 1. The van der Waals surface area contributed by atoms with Crippen molar-refractivity contribution >= 4 is 5.78 Å². The molecule has 33 heavy (non-hydrogen) atoms. The molecule has 1 aliphatic heterocycles. The average molecular weight is 442 g/mol. The molecule has 7 heteroatoms. The average Bonchev–Trinajstić information content (AvgIpc) is 3.49. The molecule has 7 nitrogen and oxygen atoms in total. The summed E-state index contributed by atoms with van der Waals surface area (Å²) in [6.45, 7) is 2.11. The van der Waals surface area contributed by atoms with Crippen molar-refractivity contribution in [3.63, 3.8) is 0 Å². The molecule has 0 amide bonds. The fourth-order valence-electron chi connectivity index (χ4n) is 4.62. The van der Waals surface area contributed by atoms with Gasteiger partial charge in [-0.3, -0.25) is 9.69 Å². The van der Waals surface area contributed by atoms with Crippen LogP contribution in [0.25, 0.3) is 0 Å². The van der Waals surface area contributed by atoms with Gasteiger partial charge < -0.3 is 9.09 Å². The number of hydrogen-bond donors (Lipinski definition) is 0. The van der Waals surface area contributed by atoms with Gasteiger partial charge in [0.05, 0.1) is 12.5 Å². The molecule has 168 valence electrons. The van der Waals surface area contributed by atoms with Gasteiger partial charge >= 0.3 is 0 Å². The highest BCUT2D eigenvalue weighted by Gasteiger charge is 2.30. The van der Waals surface area contributed by atoms with Crippen LogP contribution in [0.1, 0.15) is 52.2 Å². The first-order chi connectivity index (χ1) is 16.2. The minimum atomic E-state index is -0.0935. The molecule has 0 saturated carbocycles. The highest BCUT2D eigenvalue weighted by atomic mass is 16.5. The molecule has 1 fully saturated rings. The highest BCUT2D eigenvalue weighted by Crippen LogP contribution is 2.30. The van der Waals surface area contributed by atoms with Crippen LogP contribution in [0, 0.1) is 5.92 Å². The molecule has 5 rings (SSSR count). The van der Waals surface area contributed by atoms with Crippen LogP contribution in [-0.2, 0) is 13.6 Å². The van der Waals surface area contributed by atoms with Crippen LogP contribution in [0.5, 0.6) is 0 Å². The molecule has 3 heterocycles. The number of carbonyl (C=O) groups excluding carboxylic acids is 1. The van der Waals surface area contributed by atoms with Crippen molar-refractivity contribution in [3.8, 4) is 0 Å². The third-order valence-corrected chi connectivity index (χ3v) is 6.28. The molecule has 1 atom stereocenters. The molecular weight excluding hydrogens is 414 g/mol. The summed E-state index contributed by atoms with van der Waals surface area (Å²) in [4.78, 5) is 24.2. The van der Waals surface area contributed by atoms with E-state index < -0.39 is 0 Å². The maximum atomic E-state index is 12.9. The summed E-state index contributed by atoms with van der Waals surface area (Å²) in [6, 6.07) is 20.5. The van der Waals surface area contributed by atoms with E-state index in [0.717, 1.165) is 30.5 Å². The fraction of sp³-hybridized carbons (Fsp3) is 0.308. The van der Waals surface area contributed by atoms with Crippen molar-refractivity contribution in [3.05, 3.63) is 102 Å². The lowest BCUT2D eigenvalue weighted by Gasteiger charge is -2.30. The fourth-order valence-corrected chi connectivity index (χ4v) is 4.62. The van der Waals surface area contributed by atoms with Gasteiger partial charge in [0.2, 0.25) is 11.7 Å². The van der Waals surface area contributed by atoms with Gasteiger partial charge in [-0.15, -0.1) is 0 Å². The summed E-state index contributed by atoms with van der Waals surface area (Å²) >= 11 is 0. The number of benzene rings is 2. The molecule has 2 aromatic heterocycles. The predicted octanol–water partition coefficient (Wildman–Crippen LogP) is 4.08. The number of ketones is 1. The van der Waals surface area contributed by atoms with Gasteiger partial charge in [0.15, 0.2) is 11.6 Å². The lowest BCUT2D eigenvalue weighted by atomic mass is 9.91. The van der Waals surface area contributed by atoms with E-state index in [2.05, 4.69) is 39.3 Å². The number of hydrogen-bond acceptors (Lipinski definition) is 6. The van der Waals surface area contributed by atoms with E-state index in [1.165, 1.54) is 0 Å². The van der Waals surface area contributed by atoms with Gasteiger partial charge in [-0.05, 0) is 30.5 Å². The largest absolute Gasteiger partial charge is 0.338 e. The van der Waals surface area contributed by atoms with E-state index in [1.54, 1.807) is 10.8 Å². The Morgan fingerprint density at radius 2 is 1.79 bits per heavy atom. The maximum absolute atomic E-state index is 12.9. The van der Waals surface area contributed by atoms with Gasteiger partial charge in [0.25, 0.3) is 0 Å². The van der Waals surface area contributed by atoms with Crippen LogP contribution in [0.4, 0.5) is 0 Å². The maximum Gasteiger partial charge on any atom is 0.240 e. The molecule has 0 bridgehead atoms. The Hall–Kier alpha value is -3.58. The van der Waals surface area contributed by atoms with Crippen molar-refractivity contribution in [2.24, 2.45) is 13.0 Å². The number of aryl methyl sites for hydroxylation is 1. The zero-order chi connectivity index (χ0) is 22.6. The SMILES string of the molecule is Cn1ccnc1C(=O)C1CCCN(Cc2nc(C(c3ccccc3)c3ccccc3)no2)C1. The number of imidazole rings is 1. The van der Waals surface area contributed by atoms with E-state index in [9.17, 15) is 4.79 Å². The van der Waals surface area contributed by atoms with Crippen molar-refractivity contribution in [2.75, 3.05) is 13.1 Å². The summed E-state index contributed by atoms with van der Waals surface area (Å²) in [5.74, 6) is 1.70. The molecule has 1 saturated heterocycles. The van der Waals surface area contributed by atoms with Gasteiger partial charge in [0, 0.05) is 31.9 Å². The molecule has 1 aliphatic rings. The van der Waals surface area contributed by atoms with Crippen LogP contribution < -0.4 is 0 Å². The first kappa shape index (κ1) is 21.3. The van der Waals surface area contributed by atoms with E-state index >= 15 is 0 Å². The summed E-state index contributed by atoms with van der Waals surface area (Å²) in [6.07, 6.45) is 5.31. The second-order valence-electron chi connectivity index (χ2n) is 8.60. The Bertz CT molecular complexity index is 1160. The molecule has 0 N–H and O–H groups in total. The van der Waals surface area contributed by atoms with Crippen LogP contribution in [0.15, 0.2) is 77.6 Å². The topological polar surface area (TPSA) is 77.1 Å². The highest BCUT2D eigenvalue weighted by molar-refractivity contribution is 5.94. The minimum absolute atomic E-state index is 0.0661. The molecular formula is C26H27N5O2. The summed E-state index contributed by atoms with van der Waals surface area (Å²) in [7, 11) is 1.86. The van der Waals surface area contributed by atoms with Gasteiger partial charge in [-0.25, -0.2) is 4.98 Å². The zero-order valence-corrected chi connectivity index (χ0v) is 18.7. The van der Waals surface area contributed by atoms with Gasteiger partial charge in [0.1, 0.15) is 0 Å². The van der Waals surface area contributed by atoms with E-state index in [1.807, 2.05) is 49.6 Å². The summed E-state index contributed by atoms with van der Waals surface area (Å²) in [5.41, 5.74) is 2.24. The third-order valence-electron chi connectivity index (χ3n) is 6.28. The van der Waals surface area contributed by atoms with Crippen molar-refractivity contribution in [1.29, 1.82) is 0 Å². The second-order valence-corrected chi connectivity index (χ2v) is 8.60. The molecule has 1 unspecified atom stereocenters. The van der Waals surface area contributed by atoms with Gasteiger partial charge in [-0.1, -0.05) is 65.8 Å². The lowest BCUT2D eigenvalue weighted by molar-refractivity contribution is 0.0783. The van der Waals surface area contributed by atoms with Crippen molar-refractivity contribution < 1.29 is 9.32 Å². The smallest absolute Gasteiger partial charge is 0.240 e. The lowest BCUT2D eigenvalue weighted by Crippen LogP contribution is -2.39. The zero-order valence-electron chi connectivity index (χ0n) is 18.7. The van der Waals surface area contributed by atoms with Gasteiger partial charge in [-0.2, -0.15) is 4.98 Å². The molecule has 0 aliphatic carbocycles. The number of aromatic nitrogens is 4. The van der Waals surface area contributed by atoms with E-state index in [-0.39, 0.29) is 17.6 Å². The number of carbonyl (C=O) groups is 1. The quantitative estimate of drug-likeness (QED) is 0.402. The van der Waals surface area contributed by atoms with Crippen molar-refractivity contribution in [2.45, 2.75) is 25.3 Å². The summed E-state index contributed by atoms with van der Waals surface area (Å²) < 4.78 is 7.46. The summed E-state index contributed by atoms with van der Waals surface area (Å²) in [5, 5.41) is 4.35. The monoisotopic (exact) mass is 441 g/mol. The Balaban J connectivity index is 1.33. The van der Waals surface area contributed by atoms with E-state index in [0.29, 0.717) is 30.6 Å². The molecule has 2 aromatic carbocycles. The van der Waals surface area contributed by atoms with E-state index in [4.69, 9.17) is 9.51 Å². The van der Waals surface area contributed by atoms with Crippen molar-refractivity contribution in [1.82, 2.24) is 24.6 Å². The number of nitrogens with zero attached hydrogens (tertiary/aromatic N) is 5.